The predicted molar refractivity (Wildman–Crippen MR) is 122 cm³/mol. The van der Waals surface area contributed by atoms with E-state index in [1.54, 1.807) is 12.1 Å². The van der Waals surface area contributed by atoms with Crippen molar-refractivity contribution in [3.05, 3.63) is 30.5 Å². The number of benzene rings is 1. The molecule has 31 heavy (non-hydrogen) atoms. The van der Waals surface area contributed by atoms with Gasteiger partial charge >= 0.3 is 0 Å². The lowest BCUT2D eigenvalue weighted by Gasteiger charge is -2.31. The highest BCUT2D eigenvalue weighted by Gasteiger charge is 2.33. The van der Waals surface area contributed by atoms with Crippen molar-refractivity contribution in [3.8, 4) is 0 Å². The van der Waals surface area contributed by atoms with Crippen molar-refractivity contribution in [2.75, 3.05) is 39.3 Å². The first kappa shape index (κ1) is 22.3. The molecule has 8 heteroatoms. The number of nitrogens with one attached hydrogen (secondary N) is 1. The second-order valence-corrected chi connectivity index (χ2v) is 10.8. The maximum atomic E-state index is 13.2. The summed E-state index contributed by atoms with van der Waals surface area (Å²) in [5.74, 6) is -0.304. The highest BCUT2D eigenvalue weighted by atomic mass is 32.2. The van der Waals surface area contributed by atoms with E-state index < -0.39 is 10.0 Å². The number of amides is 1. The number of sulfonamides is 1. The number of hydrogen-bond donors (Lipinski definition) is 1. The summed E-state index contributed by atoms with van der Waals surface area (Å²) < 4.78 is 29.9. The summed E-state index contributed by atoms with van der Waals surface area (Å²) in [6.07, 6.45) is 8.43. The number of likely N-dealkylation sites (tertiary alicyclic amines) is 1. The number of hydrogen-bond acceptors (Lipinski definition) is 4. The van der Waals surface area contributed by atoms with Crippen LogP contribution in [0.3, 0.4) is 0 Å². The molecule has 0 unspecified atom stereocenters. The maximum Gasteiger partial charge on any atom is 0.243 e. The van der Waals surface area contributed by atoms with Crippen molar-refractivity contribution in [3.63, 3.8) is 0 Å². The van der Waals surface area contributed by atoms with Gasteiger partial charge in [-0.3, -0.25) is 4.79 Å². The Labute approximate surface area is 185 Å². The lowest BCUT2D eigenvalue weighted by Crippen LogP contribution is -2.46. The Morgan fingerprint density at radius 1 is 1.06 bits per heavy atom. The third kappa shape index (κ3) is 5.13. The highest BCUT2D eigenvalue weighted by molar-refractivity contribution is 7.89. The Morgan fingerprint density at radius 3 is 2.61 bits per heavy atom. The van der Waals surface area contributed by atoms with Crippen molar-refractivity contribution in [1.82, 2.24) is 19.1 Å². The van der Waals surface area contributed by atoms with Crippen molar-refractivity contribution in [1.29, 1.82) is 0 Å². The molecule has 2 aliphatic rings. The highest BCUT2D eigenvalue weighted by Crippen LogP contribution is 2.26. The standard InChI is InChI=1S/C23H34N4O3S/c1-25-15-10-19-17-21(8-9-22(19)25)31(29,30)27-14-6-7-20(18-27)23(28)24-11-16-26-12-4-2-3-5-13-26/h8-10,15,17,20H,2-7,11-14,16,18H2,1H3,(H,24,28)/t20-/m0/s1. The fourth-order valence-electron chi connectivity index (χ4n) is 4.79. The molecule has 0 radical (unpaired) electrons. The molecule has 2 fully saturated rings. The van der Waals surface area contributed by atoms with Crippen LogP contribution in [0.25, 0.3) is 10.9 Å². The largest absolute Gasteiger partial charge is 0.355 e. The average molecular weight is 447 g/mol. The van der Waals surface area contributed by atoms with Gasteiger partial charge in [-0.1, -0.05) is 12.8 Å². The topological polar surface area (TPSA) is 74.6 Å². The first-order chi connectivity index (χ1) is 14.9. The molecule has 0 saturated carbocycles. The third-order valence-electron chi connectivity index (χ3n) is 6.68. The minimum Gasteiger partial charge on any atom is -0.355 e. The number of carbonyl (C=O) groups excluding carboxylic acids is 1. The smallest absolute Gasteiger partial charge is 0.243 e. The lowest BCUT2D eigenvalue weighted by molar-refractivity contribution is -0.126. The summed E-state index contributed by atoms with van der Waals surface area (Å²) in [5.41, 5.74) is 0.999. The summed E-state index contributed by atoms with van der Waals surface area (Å²) in [6, 6.07) is 7.17. The van der Waals surface area contributed by atoms with Crippen LogP contribution in [0.15, 0.2) is 35.4 Å². The average Bonchev–Trinajstić information content (AvgIpc) is 2.97. The predicted octanol–water partition coefficient (Wildman–Crippen LogP) is 2.57. The van der Waals surface area contributed by atoms with Gasteiger partial charge in [0.25, 0.3) is 0 Å². The monoisotopic (exact) mass is 446 g/mol. The van der Waals surface area contributed by atoms with E-state index in [-0.39, 0.29) is 18.4 Å². The summed E-state index contributed by atoms with van der Waals surface area (Å²) in [5, 5.41) is 3.96. The molecule has 3 heterocycles. The van der Waals surface area contributed by atoms with E-state index in [0.29, 0.717) is 24.4 Å². The van der Waals surface area contributed by atoms with E-state index in [2.05, 4.69) is 10.2 Å². The molecule has 1 aromatic carbocycles. The molecule has 4 rings (SSSR count). The zero-order valence-corrected chi connectivity index (χ0v) is 19.2. The van der Waals surface area contributed by atoms with Gasteiger partial charge in [-0.25, -0.2) is 8.42 Å². The van der Waals surface area contributed by atoms with Gasteiger partial charge in [-0.2, -0.15) is 4.31 Å². The van der Waals surface area contributed by atoms with Gasteiger partial charge in [0.05, 0.1) is 10.8 Å². The van der Waals surface area contributed by atoms with Crippen LogP contribution in [0.1, 0.15) is 38.5 Å². The molecule has 0 aliphatic carbocycles. The van der Waals surface area contributed by atoms with E-state index in [9.17, 15) is 13.2 Å². The van der Waals surface area contributed by atoms with Crippen LogP contribution >= 0.6 is 0 Å². The van der Waals surface area contributed by atoms with Crippen LogP contribution in [0.5, 0.6) is 0 Å². The molecule has 2 saturated heterocycles. The second kappa shape index (κ2) is 9.71. The van der Waals surface area contributed by atoms with E-state index in [0.717, 1.165) is 37.0 Å². The van der Waals surface area contributed by atoms with Gasteiger partial charge in [0.2, 0.25) is 15.9 Å². The number of nitrogens with zero attached hydrogens (tertiary/aromatic N) is 3. The molecular formula is C23H34N4O3S. The summed E-state index contributed by atoms with van der Waals surface area (Å²) in [7, 11) is -1.67. The minimum atomic E-state index is -3.62. The molecule has 7 nitrogen and oxygen atoms in total. The van der Waals surface area contributed by atoms with E-state index in [1.165, 1.54) is 30.0 Å². The lowest BCUT2D eigenvalue weighted by atomic mass is 9.99. The van der Waals surface area contributed by atoms with Crippen molar-refractivity contribution in [2.45, 2.75) is 43.4 Å². The molecule has 1 amide bonds. The minimum absolute atomic E-state index is 0.0202. The first-order valence-electron chi connectivity index (χ1n) is 11.5. The summed E-state index contributed by atoms with van der Waals surface area (Å²) >= 11 is 0. The van der Waals surface area contributed by atoms with Gasteiger partial charge in [-0.15, -0.1) is 0 Å². The van der Waals surface area contributed by atoms with Gasteiger partial charge in [0.1, 0.15) is 0 Å². The Hall–Kier alpha value is -1.90. The number of carbonyl (C=O) groups is 1. The van der Waals surface area contributed by atoms with Crippen molar-refractivity contribution >= 4 is 26.8 Å². The number of piperidine rings is 1. The number of aromatic nitrogens is 1. The zero-order valence-electron chi connectivity index (χ0n) is 18.4. The van der Waals surface area contributed by atoms with Crippen LogP contribution in [0, 0.1) is 5.92 Å². The summed E-state index contributed by atoms with van der Waals surface area (Å²) in [4.78, 5) is 15.5. The van der Waals surface area contributed by atoms with Crippen molar-refractivity contribution < 1.29 is 13.2 Å². The third-order valence-corrected chi connectivity index (χ3v) is 8.54. The van der Waals surface area contributed by atoms with E-state index >= 15 is 0 Å². The van der Waals surface area contributed by atoms with Crippen LogP contribution in [-0.4, -0.2) is 67.4 Å². The quantitative estimate of drug-likeness (QED) is 0.740. The van der Waals surface area contributed by atoms with Crippen LogP contribution in [0.4, 0.5) is 0 Å². The Bertz CT molecular complexity index is 1010. The second-order valence-electron chi connectivity index (χ2n) is 8.90. The SMILES string of the molecule is Cn1ccc2cc(S(=O)(=O)N3CCC[C@H](C(=O)NCCN4CCCCCC4)C3)ccc21. The zero-order chi connectivity index (χ0) is 21.8. The van der Waals surface area contributed by atoms with E-state index in [1.807, 2.05) is 29.9 Å². The molecule has 2 aliphatic heterocycles. The maximum absolute atomic E-state index is 13.2. The molecule has 1 aromatic heterocycles. The molecule has 0 bridgehead atoms. The number of aryl methyl sites for hydroxylation is 1. The first-order valence-corrected chi connectivity index (χ1v) is 12.9. The Balaban J connectivity index is 1.35. The fraction of sp³-hybridized carbons (Fsp3) is 0.609. The molecule has 2 aromatic rings. The van der Waals surface area contributed by atoms with Crippen LogP contribution < -0.4 is 5.32 Å². The molecule has 170 valence electrons. The van der Waals surface area contributed by atoms with Gasteiger partial charge in [0.15, 0.2) is 0 Å². The normalized spacial score (nSPS) is 21.8. The van der Waals surface area contributed by atoms with Gasteiger partial charge in [0, 0.05) is 50.3 Å². The number of fused-ring (bicyclic) bond motifs is 1. The Morgan fingerprint density at radius 2 is 1.84 bits per heavy atom. The Kier molecular flexibility index (Phi) is 6.99. The molecular weight excluding hydrogens is 412 g/mol. The van der Waals surface area contributed by atoms with Crippen LogP contribution in [-0.2, 0) is 21.9 Å². The van der Waals surface area contributed by atoms with Gasteiger partial charge in [-0.05, 0) is 63.0 Å². The number of rotatable bonds is 6. The fourth-order valence-corrected chi connectivity index (χ4v) is 6.35. The summed E-state index contributed by atoms with van der Waals surface area (Å²) in [6.45, 7) is 4.44. The molecule has 0 spiro atoms. The molecule has 1 N–H and O–H groups in total. The van der Waals surface area contributed by atoms with Gasteiger partial charge < -0.3 is 14.8 Å². The van der Waals surface area contributed by atoms with Crippen molar-refractivity contribution in [2.24, 2.45) is 13.0 Å². The van der Waals surface area contributed by atoms with E-state index in [4.69, 9.17) is 0 Å². The van der Waals surface area contributed by atoms with Crippen LogP contribution in [0.2, 0.25) is 0 Å². The molecule has 1 atom stereocenters.